The number of halogens is 1. The SMILES string of the molecule is CC(C)=CC[SiH2]F. The standard InChI is InChI=1S/C5H11FSi/c1-5(2)3-4-7-6/h3H,4,7H2,1-2H3. The summed E-state index contributed by atoms with van der Waals surface area (Å²) in [5.41, 5.74) is 1.23. The predicted octanol–water partition coefficient (Wildman–Crippen LogP) is 1.42. The van der Waals surface area contributed by atoms with E-state index in [-0.39, 0.29) is 0 Å². The monoisotopic (exact) mass is 118 g/mol. The molecule has 42 valence electrons. The number of hydrogen-bond acceptors (Lipinski definition) is 0. The molecule has 0 aliphatic heterocycles. The summed E-state index contributed by atoms with van der Waals surface area (Å²) >= 11 is 0. The molecule has 0 amide bonds. The minimum Gasteiger partial charge on any atom is -0.322 e. The van der Waals surface area contributed by atoms with Crippen molar-refractivity contribution < 1.29 is 4.11 Å². The molecule has 0 radical (unpaired) electrons. The third kappa shape index (κ3) is 5.89. The van der Waals surface area contributed by atoms with E-state index in [2.05, 4.69) is 0 Å². The molecule has 2 heteroatoms. The second kappa shape index (κ2) is 4.06. The summed E-state index contributed by atoms with van der Waals surface area (Å²) in [7, 11) is -1.21. The van der Waals surface area contributed by atoms with Gasteiger partial charge in [-0.15, -0.1) is 0 Å². The van der Waals surface area contributed by atoms with Gasteiger partial charge in [-0.25, -0.2) is 0 Å². The van der Waals surface area contributed by atoms with Gasteiger partial charge in [-0.3, -0.25) is 0 Å². The molecule has 0 aromatic heterocycles. The van der Waals surface area contributed by atoms with E-state index >= 15 is 0 Å². The minimum atomic E-state index is -1.21. The van der Waals surface area contributed by atoms with Gasteiger partial charge in [-0.1, -0.05) is 11.6 Å². The minimum absolute atomic E-state index is 0.711. The van der Waals surface area contributed by atoms with Gasteiger partial charge in [0.15, 0.2) is 0 Å². The van der Waals surface area contributed by atoms with E-state index in [0.29, 0.717) is 6.04 Å². The molecule has 0 fully saturated rings. The fourth-order valence-electron chi connectivity index (χ4n) is 0.343. The highest BCUT2D eigenvalue weighted by Gasteiger charge is 1.77. The van der Waals surface area contributed by atoms with Crippen LogP contribution in [-0.4, -0.2) is 9.85 Å². The van der Waals surface area contributed by atoms with Gasteiger partial charge in [0.05, 0.1) is 0 Å². The molecule has 0 aliphatic rings. The maximum atomic E-state index is 11.4. The Bertz CT molecular complexity index is 64.5. The molecule has 0 aromatic rings. The molecule has 0 rings (SSSR count). The Hall–Kier alpha value is -0.113. The average molecular weight is 118 g/mol. The lowest BCUT2D eigenvalue weighted by Gasteiger charge is -1.82. The molecular weight excluding hydrogens is 107 g/mol. The number of hydrogen-bond donors (Lipinski definition) is 0. The van der Waals surface area contributed by atoms with Gasteiger partial charge in [-0.05, 0) is 19.9 Å². The van der Waals surface area contributed by atoms with Crippen LogP contribution in [0.1, 0.15) is 13.8 Å². The lowest BCUT2D eigenvalue weighted by molar-refractivity contribution is 0.868. The van der Waals surface area contributed by atoms with E-state index < -0.39 is 9.85 Å². The Morgan fingerprint density at radius 1 is 1.71 bits per heavy atom. The topological polar surface area (TPSA) is 0 Å². The smallest absolute Gasteiger partial charge is 0.220 e. The Morgan fingerprint density at radius 3 is 2.43 bits per heavy atom. The Morgan fingerprint density at radius 2 is 2.29 bits per heavy atom. The van der Waals surface area contributed by atoms with Crippen LogP contribution in [0.5, 0.6) is 0 Å². The first kappa shape index (κ1) is 6.89. The molecule has 7 heavy (non-hydrogen) atoms. The van der Waals surface area contributed by atoms with Crippen molar-refractivity contribution in [2.24, 2.45) is 0 Å². The zero-order valence-corrected chi connectivity index (χ0v) is 6.28. The average Bonchev–Trinajstić information content (AvgIpc) is 1.61. The van der Waals surface area contributed by atoms with Crippen LogP contribution in [0.4, 0.5) is 4.11 Å². The third-order valence-corrected chi connectivity index (χ3v) is 1.17. The van der Waals surface area contributed by atoms with E-state index in [0.717, 1.165) is 0 Å². The maximum absolute atomic E-state index is 11.4. The first-order valence-corrected chi connectivity index (χ1v) is 4.00. The van der Waals surface area contributed by atoms with Crippen molar-refractivity contribution in [2.45, 2.75) is 19.9 Å². The summed E-state index contributed by atoms with van der Waals surface area (Å²) in [5.74, 6) is 0. The van der Waals surface area contributed by atoms with Gasteiger partial charge in [0.25, 0.3) is 0 Å². The van der Waals surface area contributed by atoms with Crippen LogP contribution in [0, 0.1) is 0 Å². The lowest BCUT2D eigenvalue weighted by atomic mass is 10.3. The molecule has 0 atom stereocenters. The second-order valence-electron chi connectivity index (χ2n) is 1.76. The van der Waals surface area contributed by atoms with Crippen molar-refractivity contribution in [3.05, 3.63) is 11.6 Å². The molecule has 0 saturated heterocycles. The zero-order chi connectivity index (χ0) is 5.70. The van der Waals surface area contributed by atoms with Gasteiger partial charge < -0.3 is 4.11 Å². The summed E-state index contributed by atoms with van der Waals surface area (Å²) in [6.45, 7) is 3.98. The molecule has 0 unspecified atom stereocenters. The summed E-state index contributed by atoms with van der Waals surface area (Å²) in [6, 6.07) is 0.711. The Balaban J connectivity index is 3.08. The maximum Gasteiger partial charge on any atom is 0.220 e. The van der Waals surface area contributed by atoms with Crippen molar-refractivity contribution in [2.75, 3.05) is 0 Å². The highest BCUT2D eigenvalue weighted by molar-refractivity contribution is 6.26. The van der Waals surface area contributed by atoms with Gasteiger partial charge in [0, 0.05) is 0 Å². The fourth-order valence-corrected chi connectivity index (χ4v) is 1.03. The molecule has 0 saturated carbocycles. The van der Waals surface area contributed by atoms with Crippen molar-refractivity contribution >= 4 is 9.85 Å². The quantitative estimate of drug-likeness (QED) is 0.292. The van der Waals surface area contributed by atoms with Crippen LogP contribution in [0.2, 0.25) is 6.04 Å². The largest absolute Gasteiger partial charge is 0.322 e. The van der Waals surface area contributed by atoms with E-state index in [1.54, 1.807) is 0 Å². The van der Waals surface area contributed by atoms with Crippen LogP contribution in [0.25, 0.3) is 0 Å². The fraction of sp³-hybridized carbons (Fsp3) is 0.600. The van der Waals surface area contributed by atoms with Gasteiger partial charge >= 0.3 is 0 Å². The highest BCUT2D eigenvalue weighted by Crippen LogP contribution is 1.91. The third-order valence-electron chi connectivity index (χ3n) is 0.662. The van der Waals surface area contributed by atoms with Gasteiger partial charge in [-0.2, -0.15) is 0 Å². The number of rotatable bonds is 2. The van der Waals surface area contributed by atoms with Gasteiger partial charge in [0.2, 0.25) is 9.85 Å². The number of allylic oxidation sites excluding steroid dienone is 2. The summed E-state index contributed by atoms with van der Waals surface area (Å²) in [5, 5.41) is 0. The molecule has 0 nitrogen and oxygen atoms in total. The Kier molecular flexibility index (Phi) is 3.99. The van der Waals surface area contributed by atoms with E-state index in [1.165, 1.54) is 5.57 Å². The van der Waals surface area contributed by atoms with Crippen molar-refractivity contribution in [3.8, 4) is 0 Å². The summed E-state index contributed by atoms with van der Waals surface area (Å²) in [4.78, 5) is 0. The van der Waals surface area contributed by atoms with Crippen molar-refractivity contribution in [3.63, 3.8) is 0 Å². The first-order valence-electron chi connectivity index (χ1n) is 2.46. The molecule has 0 heterocycles. The summed E-state index contributed by atoms with van der Waals surface area (Å²) < 4.78 is 11.4. The Labute approximate surface area is 46.4 Å². The predicted molar refractivity (Wildman–Crippen MR) is 33.9 cm³/mol. The first-order chi connectivity index (χ1) is 3.27. The van der Waals surface area contributed by atoms with E-state index in [9.17, 15) is 4.11 Å². The molecule has 0 bridgehead atoms. The van der Waals surface area contributed by atoms with Gasteiger partial charge in [0.1, 0.15) is 0 Å². The molecule has 0 aliphatic carbocycles. The van der Waals surface area contributed by atoms with Crippen LogP contribution in [-0.2, 0) is 0 Å². The summed E-state index contributed by atoms with van der Waals surface area (Å²) in [6.07, 6.45) is 1.95. The molecule has 0 N–H and O–H groups in total. The van der Waals surface area contributed by atoms with Crippen LogP contribution in [0.3, 0.4) is 0 Å². The molecular formula is C5H11FSi. The lowest BCUT2D eigenvalue weighted by Crippen LogP contribution is -1.72. The zero-order valence-electron chi connectivity index (χ0n) is 4.87. The van der Waals surface area contributed by atoms with Crippen molar-refractivity contribution in [1.29, 1.82) is 0 Å². The van der Waals surface area contributed by atoms with E-state index in [1.807, 2.05) is 19.9 Å². The highest BCUT2D eigenvalue weighted by atomic mass is 28.3. The van der Waals surface area contributed by atoms with E-state index in [4.69, 9.17) is 0 Å². The molecule has 0 spiro atoms. The van der Waals surface area contributed by atoms with Crippen molar-refractivity contribution in [1.82, 2.24) is 0 Å². The van der Waals surface area contributed by atoms with Crippen LogP contribution < -0.4 is 0 Å². The normalized spacial score (nSPS) is 10.1. The van der Waals surface area contributed by atoms with Crippen LogP contribution >= 0.6 is 0 Å². The van der Waals surface area contributed by atoms with Crippen LogP contribution in [0.15, 0.2) is 11.6 Å². The molecule has 0 aromatic carbocycles. The second-order valence-corrected chi connectivity index (χ2v) is 2.71.